The molecule has 0 spiro atoms. The van der Waals surface area contributed by atoms with Gasteiger partial charge in [-0.3, -0.25) is 4.79 Å². The number of alkyl halides is 1. The summed E-state index contributed by atoms with van der Waals surface area (Å²) in [6, 6.07) is 0. The fourth-order valence-corrected chi connectivity index (χ4v) is 1.93. The summed E-state index contributed by atoms with van der Waals surface area (Å²) in [6.07, 6.45) is 6.78. The molecule has 0 saturated carbocycles. The number of halogens is 2. The van der Waals surface area contributed by atoms with Gasteiger partial charge >= 0.3 is 0 Å². The van der Waals surface area contributed by atoms with Crippen LogP contribution in [0.2, 0.25) is 0 Å². The Hall–Kier alpha value is -1.59. The van der Waals surface area contributed by atoms with Gasteiger partial charge < -0.3 is 19.5 Å². The van der Waals surface area contributed by atoms with Crippen LogP contribution in [0.4, 0.5) is 0 Å². The SMILES string of the molecule is C/C=C(\C=C(/CCNC(=O)C(C)OC(/C=C\CCl)=C(/C)Cl)OC)OC. The minimum Gasteiger partial charge on any atom is -0.501 e. The largest absolute Gasteiger partial charge is 0.501 e. The van der Waals surface area contributed by atoms with Crippen molar-refractivity contribution in [2.45, 2.75) is 33.3 Å². The van der Waals surface area contributed by atoms with Crippen LogP contribution >= 0.6 is 23.2 Å². The number of carbonyl (C=O) groups is 1. The molecule has 0 aliphatic heterocycles. The number of hydrogen-bond acceptors (Lipinski definition) is 4. The first-order valence-corrected chi connectivity index (χ1v) is 8.78. The van der Waals surface area contributed by atoms with Crippen LogP contribution in [0.5, 0.6) is 0 Å². The summed E-state index contributed by atoms with van der Waals surface area (Å²) in [7, 11) is 3.16. The van der Waals surface area contributed by atoms with Crippen molar-refractivity contribution in [2.24, 2.45) is 0 Å². The van der Waals surface area contributed by atoms with Crippen LogP contribution in [0.15, 0.2) is 46.6 Å². The number of amides is 1. The van der Waals surface area contributed by atoms with Gasteiger partial charge in [0.1, 0.15) is 17.3 Å². The molecule has 25 heavy (non-hydrogen) atoms. The second-order valence-corrected chi connectivity index (χ2v) is 5.84. The molecule has 0 saturated heterocycles. The molecule has 0 bridgehead atoms. The number of carbonyl (C=O) groups excluding carboxylic acids is 1. The summed E-state index contributed by atoms with van der Waals surface area (Å²) < 4.78 is 16.0. The van der Waals surface area contributed by atoms with Gasteiger partial charge in [0.15, 0.2) is 6.10 Å². The predicted molar refractivity (Wildman–Crippen MR) is 102 cm³/mol. The van der Waals surface area contributed by atoms with E-state index >= 15 is 0 Å². The van der Waals surface area contributed by atoms with Crippen molar-refractivity contribution in [2.75, 3.05) is 26.6 Å². The lowest BCUT2D eigenvalue weighted by molar-refractivity contribution is -0.129. The highest BCUT2D eigenvalue weighted by Gasteiger charge is 2.15. The van der Waals surface area contributed by atoms with E-state index < -0.39 is 6.10 Å². The lowest BCUT2D eigenvalue weighted by atomic mass is 10.2. The number of methoxy groups -OCH3 is 2. The highest BCUT2D eigenvalue weighted by Crippen LogP contribution is 2.14. The van der Waals surface area contributed by atoms with E-state index in [0.717, 1.165) is 0 Å². The minimum atomic E-state index is -0.691. The van der Waals surface area contributed by atoms with Crippen LogP contribution in [-0.4, -0.2) is 38.7 Å². The van der Waals surface area contributed by atoms with Crippen LogP contribution in [0.3, 0.4) is 0 Å². The van der Waals surface area contributed by atoms with E-state index in [1.54, 1.807) is 46.3 Å². The van der Waals surface area contributed by atoms with Crippen molar-refractivity contribution < 1.29 is 19.0 Å². The molecule has 0 radical (unpaired) electrons. The molecular weight excluding hydrogens is 365 g/mol. The first kappa shape index (κ1) is 23.4. The van der Waals surface area contributed by atoms with E-state index in [-0.39, 0.29) is 5.91 Å². The maximum absolute atomic E-state index is 12.1. The van der Waals surface area contributed by atoms with Crippen molar-refractivity contribution in [1.29, 1.82) is 0 Å². The average Bonchev–Trinajstić information content (AvgIpc) is 2.60. The molecule has 0 rings (SSSR count). The molecule has 0 aromatic carbocycles. The molecule has 1 unspecified atom stereocenters. The first-order chi connectivity index (χ1) is 11.9. The Morgan fingerprint density at radius 3 is 2.44 bits per heavy atom. The minimum absolute atomic E-state index is 0.247. The third kappa shape index (κ3) is 10.1. The van der Waals surface area contributed by atoms with E-state index in [0.29, 0.717) is 41.2 Å². The number of rotatable bonds is 11. The maximum atomic E-state index is 12.1. The fourth-order valence-electron chi connectivity index (χ4n) is 1.74. The second kappa shape index (κ2) is 13.7. The summed E-state index contributed by atoms with van der Waals surface area (Å²) in [5.41, 5.74) is 0. The van der Waals surface area contributed by atoms with E-state index in [9.17, 15) is 4.79 Å². The number of nitrogens with one attached hydrogen (secondary N) is 1. The zero-order chi connectivity index (χ0) is 19.2. The summed E-state index contributed by atoms with van der Waals surface area (Å²) in [6.45, 7) is 5.61. The Morgan fingerprint density at radius 2 is 1.96 bits per heavy atom. The van der Waals surface area contributed by atoms with Crippen LogP contribution in [0, 0.1) is 0 Å². The molecule has 5 nitrogen and oxygen atoms in total. The Balaban J connectivity index is 4.59. The van der Waals surface area contributed by atoms with Crippen molar-refractivity contribution in [1.82, 2.24) is 5.32 Å². The van der Waals surface area contributed by atoms with E-state index in [1.807, 2.05) is 13.0 Å². The monoisotopic (exact) mass is 391 g/mol. The van der Waals surface area contributed by atoms with Gasteiger partial charge in [0, 0.05) is 24.9 Å². The van der Waals surface area contributed by atoms with Gasteiger partial charge in [0.05, 0.1) is 19.3 Å². The molecule has 0 aromatic heterocycles. The Morgan fingerprint density at radius 1 is 1.28 bits per heavy atom. The van der Waals surface area contributed by atoms with Crippen LogP contribution in [-0.2, 0) is 19.0 Å². The quantitative estimate of drug-likeness (QED) is 0.325. The van der Waals surface area contributed by atoms with Crippen molar-refractivity contribution >= 4 is 29.1 Å². The van der Waals surface area contributed by atoms with E-state index in [1.165, 1.54) is 0 Å². The van der Waals surface area contributed by atoms with Gasteiger partial charge in [-0.2, -0.15) is 0 Å². The number of hydrogen-bond donors (Lipinski definition) is 1. The molecule has 1 N–H and O–H groups in total. The smallest absolute Gasteiger partial charge is 0.260 e. The molecule has 0 aliphatic carbocycles. The highest BCUT2D eigenvalue weighted by atomic mass is 35.5. The van der Waals surface area contributed by atoms with Crippen LogP contribution in [0.25, 0.3) is 0 Å². The molecule has 0 heterocycles. The topological polar surface area (TPSA) is 56.8 Å². The van der Waals surface area contributed by atoms with Crippen molar-refractivity contribution in [3.8, 4) is 0 Å². The van der Waals surface area contributed by atoms with E-state index in [4.69, 9.17) is 37.4 Å². The molecule has 7 heteroatoms. The third-order valence-corrected chi connectivity index (χ3v) is 3.49. The van der Waals surface area contributed by atoms with Gasteiger partial charge in [-0.15, -0.1) is 11.6 Å². The van der Waals surface area contributed by atoms with Crippen molar-refractivity contribution in [3.05, 3.63) is 46.6 Å². The van der Waals surface area contributed by atoms with Gasteiger partial charge in [-0.25, -0.2) is 0 Å². The van der Waals surface area contributed by atoms with Gasteiger partial charge in [-0.1, -0.05) is 17.7 Å². The lowest BCUT2D eigenvalue weighted by Gasteiger charge is -2.16. The number of ether oxygens (including phenoxy) is 3. The summed E-state index contributed by atoms with van der Waals surface area (Å²) in [5.74, 6) is 1.90. The maximum Gasteiger partial charge on any atom is 0.260 e. The van der Waals surface area contributed by atoms with Crippen LogP contribution < -0.4 is 5.32 Å². The normalized spacial score (nSPS) is 14.8. The van der Waals surface area contributed by atoms with Crippen LogP contribution in [0.1, 0.15) is 27.2 Å². The predicted octanol–water partition coefficient (Wildman–Crippen LogP) is 4.24. The van der Waals surface area contributed by atoms with Crippen molar-refractivity contribution in [3.63, 3.8) is 0 Å². The second-order valence-electron chi connectivity index (χ2n) is 4.97. The lowest BCUT2D eigenvalue weighted by Crippen LogP contribution is -2.35. The summed E-state index contributed by atoms with van der Waals surface area (Å²) in [4.78, 5) is 12.1. The van der Waals surface area contributed by atoms with E-state index in [2.05, 4.69) is 5.32 Å². The molecule has 0 fully saturated rings. The zero-order valence-electron chi connectivity index (χ0n) is 15.4. The van der Waals surface area contributed by atoms with Gasteiger partial charge in [0.25, 0.3) is 5.91 Å². The third-order valence-electron chi connectivity index (χ3n) is 3.13. The number of allylic oxidation sites excluding steroid dienone is 5. The average molecular weight is 392 g/mol. The highest BCUT2D eigenvalue weighted by molar-refractivity contribution is 6.29. The Kier molecular flexibility index (Phi) is 12.8. The standard InChI is InChI=1S/C18H27Cl2NO4/c1-6-15(23-4)12-16(24-5)9-11-21-18(22)14(3)25-17(13(2)20)8-7-10-19/h6-8,12,14H,9-11H2,1-5H3,(H,21,22)/b8-7-,15-6+,16-12+,17-13-. The zero-order valence-corrected chi connectivity index (χ0v) is 16.9. The molecule has 0 aromatic rings. The molecule has 1 amide bonds. The molecule has 1 atom stereocenters. The molecule has 0 aliphatic rings. The fraction of sp³-hybridized carbons (Fsp3) is 0.500. The van der Waals surface area contributed by atoms with Gasteiger partial charge in [-0.05, 0) is 32.9 Å². The first-order valence-electron chi connectivity index (χ1n) is 7.87. The Labute approximate surface area is 160 Å². The summed E-state index contributed by atoms with van der Waals surface area (Å²) in [5, 5.41) is 3.24. The molecule has 142 valence electrons. The summed E-state index contributed by atoms with van der Waals surface area (Å²) >= 11 is 11.6. The van der Waals surface area contributed by atoms with Gasteiger partial charge in [0.2, 0.25) is 0 Å². The Bertz CT molecular complexity index is 535. The molecular formula is C18H27Cl2NO4.